The highest BCUT2D eigenvalue weighted by Gasteiger charge is 2.37. The smallest absolute Gasteiger partial charge is 0.239 e. The number of carbonyl (C=O) groups excluding carboxylic acids is 2. The predicted molar refractivity (Wildman–Crippen MR) is 116 cm³/mol. The van der Waals surface area contributed by atoms with Crippen LogP contribution in [-0.4, -0.2) is 29.9 Å². The highest BCUT2D eigenvalue weighted by Crippen LogP contribution is 2.26. The summed E-state index contributed by atoms with van der Waals surface area (Å²) in [5.74, 6) is -0.862. The molecule has 2 amide bonds. The fourth-order valence-electron chi connectivity index (χ4n) is 4.03. The molecule has 0 saturated carbocycles. The van der Waals surface area contributed by atoms with Gasteiger partial charge in [0.1, 0.15) is 5.92 Å². The number of nitrogens with zero attached hydrogens (tertiary/aromatic N) is 1. The zero-order valence-electron chi connectivity index (χ0n) is 17.0. The number of aryl methyl sites for hydroxylation is 2. The fraction of sp³-hybridized carbons (Fsp3) is 0.333. The van der Waals surface area contributed by atoms with Crippen LogP contribution in [-0.2, 0) is 22.4 Å². The van der Waals surface area contributed by atoms with Gasteiger partial charge in [-0.1, -0.05) is 30.7 Å². The molecule has 0 bridgehead atoms. The first-order valence-corrected chi connectivity index (χ1v) is 10.3. The summed E-state index contributed by atoms with van der Waals surface area (Å²) in [5.41, 5.74) is 5.61. The van der Waals surface area contributed by atoms with Gasteiger partial charge in [-0.25, -0.2) is 0 Å². The molecule has 29 heavy (non-hydrogen) atoms. The number of hydrogen-bond donors (Lipinski definition) is 2. The van der Waals surface area contributed by atoms with Crippen molar-refractivity contribution < 1.29 is 9.59 Å². The Morgan fingerprint density at radius 3 is 2.76 bits per heavy atom. The second kappa shape index (κ2) is 8.11. The Bertz CT molecular complexity index is 1040. The monoisotopic (exact) mass is 389 g/mol. The van der Waals surface area contributed by atoms with Crippen LogP contribution >= 0.6 is 0 Å². The van der Waals surface area contributed by atoms with Crippen LogP contribution in [0.3, 0.4) is 0 Å². The van der Waals surface area contributed by atoms with E-state index in [2.05, 4.69) is 42.3 Å². The van der Waals surface area contributed by atoms with Crippen molar-refractivity contribution in [3.63, 3.8) is 0 Å². The molecule has 0 radical (unpaired) electrons. The molecular formula is C24H27N3O2. The second-order valence-electron chi connectivity index (χ2n) is 7.76. The molecule has 5 heteroatoms. The number of aromatic nitrogens is 1. The molecule has 2 heterocycles. The minimum absolute atomic E-state index is 0.102. The molecule has 2 aromatic carbocycles. The Morgan fingerprint density at radius 2 is 2.00 bits per heavy atom. The molecular weight excluding hydrogens is 362 g/mol. The number of fused-ring (bicyclic) bond motifs is 1. The van der Waals surface area contributed by atoms with Crippen LogP contribution in [0, 0.1) is 12.8 Å². The average molecular weight is 389 g/mol. The first-order chi connectivity index (χ1) is 14.1. The number of carbonyl (C=O) groups is 2. The molecule has 0 unspecified atom stereocenters. The highest BCUT2D eigenvalue weighted by atomic mass is 16.2. The summed E-state index contributed by atoms with van der Waals surface area (Å²) in [6, 6.07) is 14.3. The second-order valence-corrected chi connectivity index (χ2v) is 7.76. The predicted octanol–water partition coefficient (Wildman–Crippen LogP) is 3.75. The summed E-state index contributed by atoms with van der Waals surface area (Å²) in [5, 5.41) is 4.16. The van der Waals surface area contributed by atoms with Gasteiger partial charge >= 0.3 is 0 Å². The number of hydrogen-bond acceptors (Lipinski definition) is 2. The summed E-state index contributed by atoms with van der Waals surface area (Å²) in [4.78, 5) is 30.4. The van der Waals surface area contributed by atoms with E-state index in [4.69, 9.17) is 0 Å². The zero-order valence-corrected chi connectivity index (χ0v) is 17.0. The van der Waals surface area contributed by atoms with Crippen molar-refractivity contribution >= 4 is 28.4 Å². The maximum absolute atomic E-state index is 12.8. The van der Waals surface area contributed by atoms with Crippen molar-refractivity contribution in [2.24, 2.45) is 5.92 Å². The van der Waals surface area contributed by atoms with Gasteiger partial charge in [-0.3, -0.25) is 9.59 Å². The minimum atomic E-state index is -0.592. The summed E-state index contributed by atoms with van der Waals surface area (Å²) < 4.78 is 0. The van der Waals surface area contributed by atoms with Crippen molar-refractivity contribution in [1.82, 2.24) is 10.3 Å². The van der Waals surface area contributed by atoms with Gasteiger partial charge in [-0.05, 0) is 61.6 Å². The van der Waals surface area contributed by atoms with Gasteiger partial charge in [-0.2, -0.15) is 0 Å². The molecule has 0 spiro atoms. The van der Waals surface area contributed by atoms with Crippen LogP contribution in [0.15, 0.2) is 48.7 Å². The fourth-order valence-corrected chi connectivity index (χ4v) is 4.03. The van der Waals surface area contributed by atoms with Gasteiger partial charge < -0.3 is 15.2 Å². The Hall–Kier alpha value is -3.08. The lowest BCUT2D eigenvalue weighted by Crippen LogP contribution is -2.37. The van der Waals surface area contributed by atoms with Crippen molar-refractivity contribution in [3.8, 4) is 0 Å². The number of benzene rings is 2. The van der Waals surface area contributed by atoms with Gasteiger partial charge in [0.25, 0.3) is 0 Å². The average Bonchev–Trinajstić information content (AvgIpc) is 3.31. The van der Waals surface area contributed by atoms with E-state index in [0.717, 1.165) is 24.0 Å². The number of H-pyrrole nitrogens is 1. The van der Waals surface area contributed by atoms with E-state index in [9.17, 15) is 9.59 Å². The minimum Gasteiger partial charge on any atom is -0.361 e. The molecule has 1 saturated heterocycles. The Labute approximate surface area is 171 Å². The first kappa shape index (κ1) is 19.2. The number of amides is 2. The number of nitrogens with one attached hydrogen (secondary N) is 2. The van der Waals surface area contributed by atoms with Crippen LogP contribution in [0.2, 0.25) is 0 Å². The largest absolute Gasteiger partial charge is 0.361 e. The molecule has 1 fully saturated rings. The SMILES string of the molecule is CCc1ccc(N2CC[C@H](C(=O)NCCc3c[nH]c4ccc(C)cc34)C2=O)cc1. The lowest BCUT2D eigenvalue weighted by molar-refractivity contribution is -0.132. The van der Waals surface area contributed by atoms with Crippen molar-refractivity contribution in [1.29, 1.82) is 0 Å². The summed E-state index contributed by atoms with van der Waals surface area (Å²) >= 11 is 0. The summed E-state index contributed by atoms with van der Waals surface area (Å²) in [6.07, 6.45) is 4.26. The standard InChI is InChI=1S/C24H27N3O2/c1-3-17-5-7-19(8-6-17)27-13-11-20(24(27)29)23(28)25-12-10-18-15-26-22-9-4-16(2)14-21(18)22/h4-9,14-15,20,26H,3,10-13H2,1-2H3,(H,25,28)/t20-/m1/s1. The zero-order chi connectivity index (χ0) is 20.4. The van der Waals surface area contributed by atoms with E-state index < -0.39 is 5.92 Å². The van der Waals surface area contributed by atoms with Crippen molar-refractivity contribution in [2.45, 2.75) is 33.1 Å². The summed E-state index contributed by atoms with van der Waals surface area (Å²) in [7, 11) is 0. The van der Waals surface area contributed by atoms with Crippen LogP contribution in [0.1, 0.15) is 30.0 Å². The van der Waals surface area contributed by atoms with Crippen LogP contribution < -0.4 is 10.2 Å². The first-order valence-electron chi connectivity index (χ1n) is 10.3. The molecule has 3 aromatic rings. The quantitative estimate of drug-likeness (QED) is 0.631. The molecule has 1 aliphatic heterocycles. The van der Waals surface area contributed by atoms with Gasteiger partial charge in [0.2, 0.25) is 11.8 Å². The van der Waals surface area contributed by atoms with Gasteiger partial charge in [0.05, 0.1) is 0 Å². The Morgan fingerprint density at radius 1 is 1.21 bits per heavy atom. The number of rotatable bonds is 6. The van der Waals surface area contributed by atoms with Crippen LogP contribution in [0.25, 0.3) is 10.9 Å². The lowest BCUT2D eigenvalue weighted by Gasteiger charge is -2.17. The molecule has 4 rings (SSSR count). The lowest BCUT2D eigenvalue weighted by atomic mass is 10.1. The normalized spacial score (nSPS) is 16.6. The van der Waals surface area contributed by atoms with E-state index in [1.807, 2.05) is 30.5 Å². The Balaban J connectivity index is 1.35. The number of aromatic amines is 1. The van der Waals surface area contributed by atoms with E-state index in [1.54, 1.807) is 4.90 Å². The molecule has 150 valence electrons. The van der Waals surface area contributed by atoms with Gasteiger partial charge in [-0.15, -0.1) is 0 Å². The van der Waals surface area contributed by atoms with E-state index >= 15 is 0 Å². The van der Waals surface area contributed by atoms with Crippen LogP contribution in [0.5, 0.6) is 0 Å². The highest BCUT2D eigenvalue weighted by molar-refractivity contribution is 6.09. The third-order valence-electron chi connectivity index (χ3n) is 5.79. The van der Waals surface area contributed by atoms with E-state index in [-0.39, 0.29) is 11.8 Å². The number of anilines is 1. The molecule has 1 aromatic heterocycles. The maximum atomic E-state index is 12.8. The molecule has 2 N–H and O–H groups in total. The van der Waals surface area contributed by atoms with Crippen LogP contribution in [0.4, 0.5) is 5.69 Å². The van der Waals surface area contributed by atoms with E-state index in [0.29, 0.717) is 19.5 Å². The molecule has 1 atom stereocenters. The topological polar surface area (TPSA) is 65.2 Å². The van der Waals surface area contributed by atoms with Crippen molar-refractivity contribution in [3.05, 3.63) is 65.4 Å². The Kier molecular flexibility index (Phi) is 5.38. The van der Waals surface area contributed by atoms with E-state index in [1.165, 1.54) is 22.1 Å². The van der Waals surface area contributed by atoms with Crippen molar-refractivity contribution in [2.75, 3.05) is 18.0 Å². The van der Waals surface area contributed by atoms with Gasteiger partial charge in [0.15, 0.2) is 0 Å². The molecule has 0 aliphatic carbocycles. The third kappa shape index (κ3) is 3.90. The summed E-state index contributed by atoms with van der Waals surface area (Å²) in [6.45, 7) is 5.29. The third-order valence-corrected chi connectivity index (χ3v) is 5.79. The molecule has 1 aliphatic rings. The maximum Gasteiger partial charge on any atom is 0.239 e. The molecule has 5 nitrogen and oxygen atoms in total. The van der Waals surface area contributed by atoms with Gasteiger partial charge in [0, 0.05) is 35.9 Å².